The monoisotopic (exact) mass is 389 g/mol. The van der Waals surface area contributed by atoms with Crippen molar-refractivity contribution in [2.45, 2.75) is 4.90 Å². The van der Waals surface area contributed by atoms with E-state index in [-0.39, 0.29) is 15.5 Å². The van der Waals surface area contributed by atoms with Gasteiger partial charge in [-0.3, -0.25) is 9.78 Å². The van der Waals surface area contributed by atoms with Crippen LogP contribution in [-0.4, -0.2) is 23.7 Å². The molecule has 0 aliphatic rings. The number of pyridine rings is 1. The number of carbonyl (C=O) groups excluding carboxylic acids is 1. The zero-order valence-electron chi connectivity index (χ0n) is 13.7. The second kappa shape index (κ2) is 7.22. The number of amides is 1. The van der Waals surface area contributed by atoms with Crippen LogP contribution in [0.15, 0.2) is 71.8 Å². The molecule has 1 amide bonds. The summed E-state index contributed by atoms with van der Waals surface area (Å²) < 4.78 is 52.6. The molecule has 138 valence electrons. The van der Waals surface area contributed by atoms with Gasteiger partial charge in [0.1, 0.15) is 16.5 Å². The van der Waals surface area contributed by atoms with E-state index in [0.717, 1.165) is 24.3 Å². The number of carbonyl (C=O) groups is 1. The number of aromatic nitrogens is 1. The van der Waals surface area contributed by atoms with Gasteiger partial charge in [-0.05, 0) is 42.5 Å². The SMILES string of the molecule is NN(C(=O)c1cc(F)cc(-c2ccccn2)c1)S(=O)(=O)c1ccccc1F. The first-order valence-corrected chi connectivity index (χ1v) is 9.05. The summed E-state index contributed by atoms with van der Waals surface area (Å²) in [5, 5.41) is 0. The predicted octanol–water partition coefficient (Wildman–Crippen LogP) is 2.73. The molecule has 0 unspecified atom stereocenters. The Morgan fingerprint density at radius 3 is 2.37 bits per heavy atom. The van der Waals surface area contributed by atoms with Crippen molar-refractivity contribution in [1.82, 2.24) is 9.40 Å². The van der Waals surface area contributed by atoms with Crippen molar-refractivity contribution in [3.05, 3.63) is 84.1 Å². The minimum Gasteiger partial charge on any atom is -0.266 e. The number of benzene rings is 2. The van der Waals surface area contributed by atoms with E-state index in [2.05, 4.69) is 4.98 Å². The van der Waals surface area contributed by atoms with E-state index in [0.29, 0.717) is 5.69 Å². The van der Waals surface area contributed by atoms with Crippen molar-refractivity contribution in [3.63, 3.8) is 0 Å². The third-order valence-corrected chi connectivity index (χ3v) is 5.25. The standard InChI is InChI=1S/C18H13F2N3O3S/c19-14-10-12(16-6-3-4-8-22-16)9-13(11-14)18(24)23(21)27(25,26)17-7-2-1-5-15(17)20/h1-11H,21H2. The fourth-order valence-electron chi connectivity index (χ4n) is 2.39. The van der Waals surface area contributed by atoms with Crippen LogP contribution in [0.5, 0.6) is 0 Å². The zero-order chi connectivity index (χ0) is 19.6. The van der Waals surface area contributed by atoms with Gasteiger partial charge in [-0.1, -0.05) is 18.2 Å². The van der Waals surface area contributed by atoms with Gasteiger partial charge in [0, 0.05) is 17.3 Å². The van der Waals surface area contributed by atoms with E-state index in [1.54, 1.807) is 18.2 Å². The fraction of sp³-hybridized carbons (Fsp3) is 0. The Kier molecular flexibility index (Phi) is 4.98. The fourth-order valence-corrected chi connectivity index (χ4v) is 3.49. The summed E-state index contributed by atoms with van der Waals surface area (Å²) in [7, 11) is -4.66. The highest BCUT2D eigenvalue weighted by Crippen LogP contribution is 2.23. The van der Waals surface area contributed by atoms with Crippen LogP contribution >= 0.6 is 0 Å². The molecule has 0 saturated carbocycles. The highest BCUT2D eigenvalue weighted by atomic mass is 32.2. The van der Waals surface area contributed by atoms with Crippen LogP contribution < -0.4 is 5.84 Å². The van der Waals surface area contributed by atoms with Crippen molar-refractivity contribution in [2.75, 3.05) is 0 Å². The lowest BCUT2D eigenvalue weighted by atomic mass is 10.1. The summed E-state index contributed by atoms with van der Waals surface area (Å²) in [6.45, 7) is 0. The Labute approximate surface area is 153 Å². The average molecular weight is 389 g/mol. The summed E-state index contributed by atoms with van der Waals surface area (Å²) >= 11 is 0. The summed E-state index contributed by atoms with van der Waals surface area (Å²) in [5.41, 5.74) is 0.320. The molecule has 9 heteroatoms. The summed E-state index contributed by atoms with van der Waals surface area (Å²) in [6.07, 6.45) is 1.49. The van der Waals surface area contributed by atoms with Crippen LogP contribution in [0, 0.1) is 11.6 Å². The second-order valence-electron chi connectivity index (χ2n) is 5.48. The molecular formula is C18H13F2N3O3S. The van der Waals surface area contributed by atoms with E-state index in [4.69, 9.17) is 5.84 Å². The molecule has 27 heavy (non-hydrogen) atoms. The number of hydrogen-bond acceptors (Lipinski definition) is 5. The Balaban J connectivity index is 2.01. The number of hydrogen-bond donors (Lipinski definition) is 1. The normalized spacial score (nSPS) is 11.2. The van der Waals surface area contributed by atoms with E-state index >= 15 is 0 Å². The average Bonchev–Trinajstić information content (AvgIpc) is 2.67. The van der Waals surface area contributed by atoms with Gasteiger partial charge in [0.2, 0.25) is 0 Å². The molecule has 0 aliphatic carbocycles. The van der Waals surface area contributed by atoms with Crippen LogP contribution in [0.1, 0.15) is 10.4 Å². The van der Waals surface area contributed by atoms with Gasteiger partial charge in [-0.2, -0.15) is 12.8 Å². The molecule has 0 saturated heterocycles. The first kappa shape index (κ1) is 18.6. The molecule has 1 aromatic heterocycles. The number of rotatable bonds is 4. The van der Waals surface area contributed by atoms with Crippen LogP contribution in [0.3, 0.4) is 0 Å². The highest BCUT2D eigenvalue weighted by molar-refractivity contribution is 7.89. The summed E-state index contributed by atoms with van der Waals surface area (Å²) in [5.74, 6) is 2.40. The van der Waals surface area contributed by atoms with Gasteiger partial charge in [0.05, 0.1) is 5.69 Å². The maximum Gasteiger partial charge on any atom is 0.283 e. The number of sulfonamides is 1. The minimum absolute atomic E-state index is 0.109. The lowest BCUT2D eigenvalue weighted by Crippen LogP contribution is -2.42. The third kappa shape index (κ3) is 3.69. The number of hydrazine groups is 1. The van der Waals surface area contributed by atoms with Gasteiger partial charge in [0.25, 0.3) is 15.9 Å². The minimum atomic E-state index is -4.66. The molecule has 0 bridgehead atoms. The van der Waals surface area contributed by atoms with Crippen molar-refractivity contribution in [3.8, 4) is 11.3 Å². The number of nitrogens with two attached hydrogens (primary N) is 1. The van der Waals surface area contributed by atoms with Crippen LogP contribution in [0.4, 0.5) is 8.78 Å². The van der Waals surface area contributed by atoms with Crippen LogP contribution in [0.2, 0.25) is 0 Å². The van der Waals surface area contributed by atoms with Crippen molar-refractivity contribution >= 4 is 15.9 Å². The lowest BCUT2D eigenvalue weighted by Gasteiger charge is -2.17. The first-order valence-electron chi connectivity index (χ1n) is 7.61. The molecule has 2 aromatic carbocycles. The Hall–Kier alpha value is -3.17. The molecule has 0 aliphatic heterocycles. The van der Waals surface area contributed by atoms with Gasteiger partial charge in [-0.25, -0.2) is 14.6 Å². The molecule has 2 N–H and O–H groups in total. The predicted molar refractivity (Wildman–Crippen MR) is 93.6 cm³/mol. The van der Waals surface area contributed by atoms with E-state index < -0.39 is 32.5 Å². The van der Waals surface area contributed by atoms with Crippen LogP contribution in [0.25, 0.3) is 11.3 Å². The van der Waals surface area contributed by atoms with E-state index in [1.165, 1.54) is 24.4 Å². The maximum absolute atomic E-state index is 14.0. The highest BCUT2D eigenvalue weighted by Gasteiger charge is 2.30. The van der Waals surface area contributed by atoms with Crippen molar-refractivity contribution in [2.24, 2.45) is 5.84 Å². The Bertz CT molecular complexity index is 1110. The number of halogens is 2. The molecule has 6 nitrogen and oxygen atoms in total. The van der Waals surface area contributed by atoms with Gasteiger partial charge >= 0.3 is 0 Å². The molecule has 1 heterocycles. The van der Waals surface area contributed by atoms with Gasteiger partial charge in [0.15, 0.2) is 0 Å². The zero-order valence-corrected chi connectivity index (χ0v) is 14.5. The van der Waals surface area contributed by atoms with E-state index in [9.17, 15) is 22.0 Å². The quantitative estimate of drug-likeness (QED) is 0.421. The molecule has 0 atom stereocenters. The molecule has 3 aromatic rings. The van der Waals surface area contributed by atoms with Gasteiger partial charge < -0.3 is 0 Å². The van der Waals surface area contributed by atoms with Crippen molar-refractivity contribution in [1.29, 1.82) is 0 Å². The first-order chi connectivity index (χ1) is 12.8. The third-order valence-electron chi connectivity index (χ3n) is 3.68. The van der Waals surface area contributed by atoms with Crippen molar-refractivity contribution < 1.29 is 22.0 Å². The molecular weight excluding hydrogens is 376 g/mol. The Morgan fingerprint density at radius 2 is 1.70 bits per heavy atom. The number of nitrogens with zero attached hydrogens (tertiary/aromatic N) is 2. The molecule has 0 fully saturated rings. The topological polar surface area (TPSA) is 93.4 Å². The molecule has 0 radical (unpaired) electrons. The van der Waals surface area contributed by atoms with Crippen LogP contribution in [-0.2, 0) is 10.0 Å². The summed E-state index contributed by atoms with van der Waals surface area (Å²) in [6, 6.07) is 12.7. The van der Waals surface area contributed by atoms with E-state index in [1.807, 2.05) is 0 Å². The summed E-state index contributed by atoms with van der Waals surface area (Å²) in [4.78, 5) is 15.8. The van der Waals surface area contributed by atoms with Gasteiger partial charge in [-0.15, -0.1) is 0 Å². The maximum atomic E-state index is 14.0. The Morgan fingerprint density at radius 1 is 1.00 bits per heavy atom. The molecule has 0 spiro atoms. The second-order valence-corrected chi connectivity index (χ2v) is 7.26. The lowest BCUT2D eigenvalue weighted by molar-refractivity contribution is 0.0860. The smallest absolute Gasteiger partial charge is 0.266 e. The largest absolute Gasteiger partial charge is 0.283 e. The molecule has 3 rings (SSSR count).